The van der Waals surface area contributed by atoms with Gasteiger partial charge in [0.1, 0.15) is 11.6 Å². The first-order valence-corrected chi connectivity index (χ1v) is 6.62. The van der Waals surface area contributed by atoms with Crippen LogP contribution in [0.15, 0.2) is 24.3 Å². The zero-order valence-corrected chi connectivity index (χ0v) is 10.0. The molecule has 1 aromatic carbocycles. The first-order chi connectivity index (χ1) is 8.11. The largest absolute Gasteiger partial charge is 0.396 e. The Labute approximate surface area is 101 Å². The van der Waals surface area contributed by atoms with Crippen molar-refractivity contribution in [1.82, 2.24) is 0 Å². The van der Waals surface area contributed by atoms with Crippen LogP contribution in [0, 0.1) is 5.82 Å². The summed E-state index contributed by atoms with van der Waals surface area (Å²) in [6, 6.07) is 5.34. The Kier molecular flexibility index (Phi) is 5.79. The highest BCUT2D eigenvalue weighted by Crippen LogP contribution is 2.08. The second-order valence-electron chi connectivity index (χ2n) is 3.42. The first-order valence-electron chi connectivity index (χ1n) is 5.13. The molecule has 0 aromatic heterocycles. The maximum atomic E-state index is 12.6. The summed E-state index contributed by atoms with van der Waals surface area (Å²) < 4.78 is 23.9. The molecule has 0 spiro atoms. The highest BCUT2D eigenvalue weighted by Gasteiger charge is 2.07. The molecule has 94 valence electrons. The fourth-order valence-electron chi connectivity index (χ4n) is 1.17. The summed E-state index contributed by atoms with van der Waals surface area (Å²) in [5, 5.41) is 11.1. The van der Waals surface area contributed by atoms with Crippen molar-refractivity contribution in [2.45, 2.75) is 6.42 Å². The molecule has 1 rings (SSSR count). The first kappa shape index (κ1) is 13.8. The van der Waals surface area contributed by atoms with Gasteiger partial charge in [0, 0.05) is 28.8 Å². The van der Waals surface area contributed by atoms with Gasteiger partial charge in [0.2, 0.25) is 5.91 Å². The number of hydrogen-bond acceptors (Lipinski definition) is 3. The van der Waals surface area contributed by atoms with Crippen molar-refractivity contribution in [3.63, 3.8) is 0 Å². The number of carbonyl (C=O) groups excluding carboxylic acids is 1. The van der Waals surface area contributed by atoms with Crippen molar-refractivity contribution in [3.8, 4) is 0 Å². The van der Waals surface area contributed by atoms with Crippen LogP contribution in [-0.2, 0) is 15.6 Å². The molecule has 4 nitrogen and oxygen atoms in total. The smallest absolute Gasteiger partial charge is 0.236 e. The number of amides is 1. The Hall–Kier alpha value is -1.27. The van der Waals surface area contributed by atoms with Crippen molar-refractivity contribution in [2.75, 3.05) is 23.4 Å². The molecular formula is C11H14FNO3S. The van der Waals surface area contributed by atoms with Crippen molar-refractivity contribution >= 4 is 22.4 Å². The summed E-state index contributed by atoms with van der Waals surface area (Å²) in [7, 11) is -1.27. The van der Waals surface area contributed by atoms with E-state index in [0.717, 1.165) is 0 Å². The lowest BCUT2D eigenvalue weighted by Gasteiger charge is -2.04. The number of nitrogens with one attached hydrogen (secondary N) is 1. The quantitative estimate of drug-likeness (QED) is 0.797. The van der Waals surface area contributed by atoms with Crippen LogP contribution in [0.1, 0.15) is 6.42 Å². The normalized spacial score (nSPS) is 12.1. The minimum atomic E-state index is -1.27. The molecular weight excluding hydrogens is 245 g/mol. The minimum absolute atomic E-state index is 0.0364. The van der Waals surface area contributed by atoms with Gasteiger partial charge in [-0.2, -0.15) is 0 Å². The van der Waals surface area contributed by atoms with Gasteiger partial charge in [0.15, 0.2) is 0 Å². The number of halogens is 1. The number of anilines is 1. The Bertz CT molecular complexity index is 394. The molecule has 0 saturated heterocycles. The van der Waals surface area contributed by atoms with E-state index in [4.69, 9.17) is 5.11 Å². The predicted octanol–water partition coefficient (Wildman–Crippen LogP) is 0.895. The van der Waals surface area contributed by atoms with Crippen molar-refractivity contribution in [1.29, 1.82) is 0 Å². The fourth-order valence-corrected chi connectivity index (χ4v) is 2.13. The van der Waals surface area contributed by atoms with Gasteiger partial charge in [-0.05, 0) is 30.7 Å². The molecule has 1 amide bonds. The lowest BCUT2D eigenvalue weighted by Crippen LogP contribution is -2.21. The average molecular weight is 259 g/mol. The van der Waals surface area contributed by atoms with Gasteiger partial charge in [-0.3, -0.25) is 9.00 Å². The van der Waals surface area contributed by atoms with Gasteiger partial charge >= 0.3 is 0 Å². The number of benzene rings is 1. The van der Waals surface area contributed by atoms with Crippen LogP contribution >= 0.6 is 0 Å². The topological polar surface area (TPSA) is 66.4 Å². The molecule has 0 aliphatic heterocycles. The maximum absolute atomic E-state index is 12.6. The number of hydrogen-bond donors (Lipinski definition) is 2. The molecule has 1 atom stereocenters. The van der Waals surface area contributed by atoms with Crippen LogP contribution in [0.3, 0.4) is 0 Å². The van der Waals surface area contributed by atoms with E-state index in [1.54, 1.807) is 0 Å². The molecule has 1 aromatic rings. The highest BCUT2D eigenvalue weighted by atomic mass is 32.2. The van der Waals surface area contributed by atoms with E-state index in [0.29, 0.717) is 17.9 Å². The van der Waals surface area contributed by atoms with Crippen LogP contribution < -0.4 is 5.32 Å². The molecule has 0 fully saturated rings. The van der Waals surface area contributed by atoms with E-state index in [-0.39, 0.29) is 24.1 Å². The maximum Gasteiger partial charge on any atom is 0.236 e. The number of aliphatic hydroxyl groups excluding tert-OH is 1. The zero-order valence-electron chi connectivity index (χ0n) is 9.19. The molecule has 0 aliphatic carbocycles. The van der Waals surface area contributed by atoms with Gasteiger partial charge in [-0.25, -0.2) is 4.39 Å². The second-order valence-corrected chi connectivity index (χ2v) is 5.00. The summed E-state index contributed by atoms with van der Waals surface area (Å²) in [5.74, 6) is -0.576. The van der Waals surface area contributed by atoms with Crippen LogP contribution in [0.4, 0.5) is 10.1 Å². The van der Waals surface area contributed by atoms with Gasteiger partial charge in [-0.1, -0.05) is 0 Å². The summed E-state index contributed by atoms with van der Waals surface area (Å²) in [6.45, 7) is -0.0364. The molecule has 0 radical (unpaired) electrons. The molecule has 0 saturated carbocycles. The number of carbonyl (C=O) groups is 1. The standard InChI is InChI=1S/C11H14FNO3S/c12-9-2-4-10(5-3-9)13-11(15)8-17(16)7-1-6-14/h2-5,14H,1,6-8H2,(H,13,15). The Morgan fingerprint density at radius 2 is 2.00 bits per heavy atom. The number of rotatable bonds is 6. The van der Waals surface area contributed by atoms with Crippen LogP contribution in [0.2, 0.25) is 0 Å². The Morgan fingerprint density at radius 3 is 2.59 bits per heavy atom. The molecule has 0 bridgehead atoms. The average Bonchev–Trinajstić information content (AvgIpc) is 2.29. The molecule has 0 aliphatic rings. The SMILES string of the molecule is O=C(CS(=O)CCCO)Nc1ccc(F)cc1. The summed E-state index contributed by atoms with van der Waals surface area (Å²) in [6.07, 6.45) is 0.413. The predicted molar refractivity (Wildman–Crippen MR) is 64.6 cm³/mol. The summed E-state index contributed by atoms with van der Waals surface area (Å²) >= 11 is 0. The molecule has 2 N–H and O–H groups in total. The van der Waals surface area contributed by atoms with E-state index in [9.17, 15) is 13.4 Å². The van der Waals surface area contributed by atoms with Crippen molar-refractivity contribution in [2.24, 2.45) is 0 Å². The zero-order chi connectivity index (χ0) is 12.7. The monoisotopic (exact) mass is 259 g/mol. The third kappa shape index (κ3) is 5.55. The number of aliphatic hydroxyl groups is 1. The van der Waals surface area contributed by atoms with E-state index in [2.05, 4.69) is 5.32 Å². The van der Waals surface area contributed by atoms with Crippen LogP contribution in [0.25, 0.3) is 0 Å². The van der Waals surface area contributed by atoms with Crippen molar-refractivity contribution < 1.29 is 18.5 Å². The van der Waals surface area contributed by atoms with E-state index >= 15 is 0 Å². The Morgan fingerprint density at radius 1 is 1.35 bits per heavy atom. The molecule has 1 unspecified atom stereocenters. The summed E-state index contributed by atoms with van der Waals surface area (Å²) in [4.78, 5) is 11.4. The van der Waals surface area contributed by atoms with Crippen molar-refractivity contribution in [3.05, 3.63) is 30.1 Å². The molecule has 6 heteroatoms. The fraction of sp³-hybridized carbons (Fsp3) is 0.364. The lowest BCUT2D eigenvalue weighted by atomic mass is 10.3. The van der Waals surface area contributed by atoms with E-state index in [1.807, 2.05) is 0 Å². The summed E-state index contributed by atoms with van der Waals surface area (Å²) in [5.41, 5.74) is 0.468. The minimum Gasteiger partial charge on any atom is -0.396 e. The van der Waals surface area contributed by atoms with Gasteiger partial charge in [0.25, 0.3) is 0 Å². The van der Waals surface area contributed by atoms with Gasteiger partial charge in [0.05, 0.1) is 0 Å². The van der Waals surface area contributed by atoms with Gasteiger partial charge in [-0.15, -0.1) is 0 Å². The van der Waals surface area contributed by atoms with Gasteiger partial charge < -0.3 is 10.4 Å². The van der Waals surface area contributed by atoms with Crippen LogP contribution in [-0.4, -0.2) is 33.3 Å². The lowest BCUT2D eigenvalue weighted by molar-refractivity contribution is -0.113. The Balaban J connectivity index is 2.39. The molecule has 17 heavy (non-hydrogen) atoms. The third-order valence-electron chi connectivity index (χ3n) is 1.95. The molecule has 0 heterocycles. The highest BCUT2D eigenvalue weighted by molar-refractivity contribution is 7.85. The van der Waals surface area contributed by atoms with E-state index in [1.165, 1.54) is 24.3 Å². The van der Waals surface area contributed by atoms with E-state index < -0.39 is 10.8 Å². The third-order valence-corrected chi connectivity index (χ3v) is 3.28. The second kappa shape index (κ2) is 7.13. The van der Waals surface area contributed by atoms with Crippen LogP contribution in [0.5, 0.6) is 0 Å².